The molecular weight excluding hydrogens is 407 g/mol. The van der Waals surface area contributed by atoms with E-state index < -0.39 is 23.4 Å². The van der Waals surface area contributed by atoms with Gasteiger partial charge in [-0.1, -0.05) is 0 Å². The predicted molar refractivity (Wildman–Crippen MR) is 107 cm³/mol. The zero-order valence-corrected chi connectivity index (χ0v) is 16.9. The minimum atomic E-state index is -1.58. The third-order valence-corrected chi connectivity index (χ3v) is 4.75. The number of carbonyl (C=O) groups is 1. The van der Waals surface area contributed by atoms with Gasteiger partial charge in [0.1, 0.15) is 17.5 Å². The van der Waals surface area contributed by atoms with Crippen LogP contribution >= 0.6 is 12.4 Å². The van der Waals surface area contributed by atoms with Gasteiger partial charge in [-0.05, 0) is 44.7 Å². The van der Waals surface area contributed by atoms with Gasteiger partial charge in [0.05, 0.1) is 0 Å². The number of amides is 1. The number of hydrogen-bond donors (Lipinski definition) is 3. The summed E-state index contributed by atoms with van der Waals surface area (Å²) >= 11 is 0. The zero-order chi connectivity index (χ0) is 20.3. The smallest absolute Gasteiger partial charge is 0.251 e. The summed E-state index contributed by atoms with van der Waals surface area (Å²) in [4.78, 5) is 20.8. The summed E-state index contributed by atoms with van der Waals surface area (Å²) in [5.74, 6) is -2.81. The Hall–Kier alpha value is -2.55. The van der Waals surface area contributed by atoms with E-state index in [1.165, 1.54) is 0 Å². The Morgan fingerprint density at radius 1 is 0.966 bits per heavy atom. The maximum Gasteiger partial charge on any atom is 0.251 e. The van der Waals surface area contributed by atoms with E-state index in [1.807, 2.05) is 13.0 Å². The van der Waals surface area contributed by atoms with E-state index in [0.717, 1.165) is 24.5 Å². The Kier molecular flexibility index (Phi) is 7.66. The number of halogens is 4. The van der Waals surface area contributed by atoms with E-state index in [0.29, 0.717) is 30.8 Å². The minimum absolute atomic E-state index is 0. The van der Waals surface area contributed by atoms with Crippen LogP contribution in [0, 0.1) is 24.4 Å². The first kappa shape index (κ1) is 22.7. The average molecular weight is 430 g/mol. The Bertz CT molecular complexity index is 852. The van der Waals surface area contributed by atoms with Crippen molar-refractivity contribution in [2.45, 2.75) is 44.7 Å². The van der Waals surface area contributed by atoms with Crippen molar-refractivity contribution >= 4 is 29.9 Å². The van der Waals surface area contributed by atoms with Gasteiger partial charge in [-0.25, -0.2) is 23.1 Å². The molecule has 0 spiro atoms. The second kappa shape index (κ2) is 9.78. The first-order valence-electron chi connectivity index (χ1n) is 9.11. The zero-order valence-electron chi connectivity index (χ0n) is 16.1. The third kappa shape index (κ3) is 5.72. The molecule has 0 atom stereocenters. The number of rotatable bonds is 5. The van der Waals surface area contributed by atoms with Gasteiger partial charge < -0.3 is 16.0 Å². The fourth-order valence-corrected chi connectivity index (χ4v) is 3.32. The Labute approximate surface area is 173 Å². The molecule has 1 saturated carbocycles. The molecule has 0 unspecified atom stereocenters. The van der Waals surface area contributed by atoms with E-state index in [1.54, 1.807) is 7.05 Å². The molecule has 1 fully saturated rings. The standard InChI is InChI=1S/C19H22F3N5O.ClH/c1-10-24-16(23-2)9-17(25-10)26-12-3-5-13(6-4-12)27-19(28)11-7-14(20)18(22)15(21)8-11;/h7-9,12-13H,3-6H2,1-2H3,(H,27,28)(H2,23,24,25,26);1H. The quantitative estimate of drug-likeness (QED) is 0.630. The van der Waals surface area contributed by atoms with Crippen LogP contribution in [0.15, 0.2) is 18.2 Å². The second-order valence-corrected chi connectivity index (χ2v) is 6.86. The molecule has 0 aliphatic heterocycles. The lowest BCUT2D eigenvalue weighted by atomic mass is 9.91. The lowest BCUT2D eigenvalue weighted by Crippen LogP contribution is -2.40. The molecular formula is C19H23ClF3N5O. The van der Waals surface area contributed by atoms with Crippen molar-refractivity contribution in [3.05, 3.63) is 47.0 Å². The van der Waals surface area contributed by atoms with E-state index in [2.05, 4.69) is 25.9 Å². The largest absolute Gasteiger partial charge is 0.373 e. The summed E-state index contributed by atoms with van der Waals surface area (Å²) in [5.41, 5.74) is -0.229. The van der Waals surface area contributed by atoms with Gasteiger partial charge in [0.2, 0.25) is 0 Å². The molecule has 0 radical (unpaired) electrons. The van der Waals surface area contributed by atoms with E-state index in [-0.39, 0.29) is 30.1 Å². The summed E-state index contributed by atoms with van der Waals surface area (Å²) in [7, 11) is 1.79. The first-order chi connectivity index (χ1) is 13.4. The van der Waals surface area contributed by atoms with E-state index in [9.17, 15) is 18.0 Å². The number of nitrogens with one attached hydrogen (secondary N) is 3. The summed E-state index contributed by atoms with van der Waals surface area (Å²) in [6, 6.07) is 3.34. The maximum absolute atomic E-state index is 13.3. The van der Waals surface area contributed by atoms with Crippen LogP contribution in [0.2, 0.25) is 0 Å². The lowest BCUT2D eigenvalue weighted by Gasteiger charge is -2.30. The number of hydrogen-bond acceptors (Lipinski definition) is 5. The van der Waals surface area contributed by atoms with Gasteiger partial charge in [-0.15, -0.1) is 12.4 Å². The summed E-state index contributed by atoms with van der Waals surface area (Å²) in [5, 5.41) is 9.13. The number of carbonyl (C=O) groups excluding carboxylic acids is 1. The van der Waals surface area contributed by atoms with Crippen molar-refractivity contribution in [2.75, 3.05) is 17.7 Å². The molecule has 1 aromatic heterocycles. The van der Waals surface area contributed by atoms with Gasteiger partial charge in [0, 0.05) is 30.8 Å². The van der Waals surface area contributed by atoms with Gasteiger partial charge in [0.25, 0.3) is 5.91 Å². The van der Waals surface area contributed by atoms with Crippen LogP contribution in [-0.4, -0.2) is 35.0 Å². The van der Waals surface area contributed by atoms with Crippen LogP contribution in [0.5, 0.6) is 0 Å². The Morgan fingerprint density at radius 2 is 1.52 bits per heavy atom. The number of nitrogens with zero attached hydrogens (tertiary/aromatic N) is 2. The van der Waals surface area contributed by atoms with Gasteiger partial charge in [-0.3, -0.25) is 4.79 Å². The highest BCUT2D eigenvalue weighted by Gasteiger charge is 2.24. The van der Waals surface area contributed by atoms with Crippen molar-refractivity contribution in [1.82, 2.24) is 15.3 Å². The van der Waals surface area contributed by atoms with Gasteiger partial charge in [-0.2, -0.15) is 0 Å². The van der Waals surface area contributed by atoms with Crippen LogP contribution < -0.4 is 16.0 Å². The molecule has 1 heterocycles. The molecule has 1 aliphatic carbocycles. The highest BCUT2D eigenvalue weighted by Crippen LogP contribution is 2.23. The van der Waals surface area contributed by atoms with Crippen molar-refractivity contribution in [1.29, 1.82) is 0 Å². The fraction of sp³-hybridized carbons (Fsp3) is 0.421. The third-order valence-electron chi connectivity index (χ3n) is 4.75. The Balaban J connectivity index is 0.00000300. The lowest BCUT2D eigenvalue weighted by molar-refractivity contribution is 0.0925. The summed E-state index contributed by atoms with van der Waals surface area (Å²) in [6.07, 6.45) is 3.01. The molecule has 3 N–H and O–H groups in total. The number of aromatic nitrogens is 2. The van der Waals surface area contributed by atoms with E-state index >= 15 is 0 Å². The van der Waals surface area contributed by atoms with Crippen molar-refractivity contribution in [3.8, 4) is 0 Å². The Morgan fingerprint density at radius 3 is 2.10 bits per heavy atom. The van der Waals surface area contributed by atoms with Crippen LogP contribution in [0.1, 0.15) is 41.9 Å². The topological polar surface area (TPSA) is 78.9 Å². The first-order valence-corrected chi connectivity index (χ1v) is 9.11. The second-order valence-electron chi connectivity index (χ2n) is 6.86. The molecule has 3 rings (SSSR count). The number of aryl methyl sites for hydroxylation is 1. The predicted octanol–water partition coefficient (Wildman–Crippen LogP) is 3.82. The highest BCUT2D eigenvalue weighted by atomic mass is 35.5. The van der Waals surface area contributed by atoms with E-state index in [4.69, 9.17) is 0 Å². The van der Waals surface area contributed by atoms with Crippen molar-refractivity contribution in [3.63, 3.8) is 0 Å². The minimum Gasteiger partial charge on any atom is -0.373 e. The number of benzene rings is 1. The van der Waals surface area contributed by atoms with Crippen molar-refractivity contribution < 1.29 is 18.0 Å². The molecule has 1 aromatic carbocycles. The fourth-order valence-electron chi connectivity index (χ4n) is 3.32. The monoisotopic (exact) mass is 429 g/mol. The molecule has 2 aromatic rings. The van der Waals surface area contributed by atoms with Gasteiger partial charge >= 0.3 is 0 Å². The SMILES string of the molecule is CNc1cc(NC2CCC(NC(=O)c3cc(F)c(F)c(F)c3)CC2)nc(C)n1.Cl. The molecule has 10 heteroatoms. The van der Waals surface area contributed by atoms with Crippen LogP contribution in [-0.2, 0) is 0 Å². The molecule has 0 saturated heterocycles. The molecule has 29 heavy (non-hydrogen) atoms. The molecule has 1 amide bonds. The molecule has 1 aliphatic rings. The van der Waals surface area contributed by atoms with Crippen LogP contribution in [0.4, 0.5) is 24.8 Å². The van der Waals surface area contributed by atoms with Crippen LogP contribution in [0.3, 0.4) is 0 Å². The van der Waals surface area contributed by atoms with Gasteiger partial charge in [0.15, 0.2) is 17.5 Å². The highest BCUT2D eigenvalue weighted by molar-refractivity contribution is 5.94. The summed E-state index contributed by atoms with van der Waals surface area (Å²) < 4.78 is 39.6. The summed E-state index contributed by atoms with van der Waals surface area (Å²) in [6.45, 7) is 1.82. The maximum atomic E-state index is 13.3. The van der Waals surface area contributed by atoms with Crippen molar-refractivity contribution in [2.24, 2.45) is 0 Å². The average Bonchev–Trinajstić information content (AvgIpc) is 2.66. The molecule has 0 bridgehead atoms. The molecule has 158 valence electrons. The van der Waals surface area contributed by atoms with Crippen LogP contribution in [0.25, 0.3) is 0 Å². The molecule has 6 nitrogen and oxygen atoms in total. The normalized spacial score (nSPS) is 18.5. The number of anilines is 2.